The summed E-state index contributed by atoms with van der Waals surface area (Å²) >= 11 is 1.35. The van der Waals surface area contributed by atoms with Gasteiger partial charge in [0.15, 0.2) is 5.76 Å². The normalized spacial score (nSPS) is 33.1. The fraction of sp³-hybridized carbons (Fsp3) is 0.467. The van der Waals surface area contributed by atoms with Crippen LogP contribution in [-0.4, -0.2) is 54.5 Å². The van der Waals surface area contributed by atoms with Crippen molar-refractivity contribution in [2.24, 2.45) is 16.7 Å². The van der Waals surface area contributed by atoms with Gasteiger partial charge in [-0.05, 0) is 29.9 Å². The number of aliphatic hydroxyl groups is 1. The maximum atomic E-state index is 14.0. The van der Waals surface area contributed by atoms with Gasteiger partial charge in [-0.1, -0.05) is 37.3 Å². The Morgan fingerprint density at radius 1 is 1.21 bits per heavy atom. The highest BCUT2D eigenvalue weighted by Gasteiger charge is 2.64. The predicted octanol–water partition coefficient (Wildman–Crippen LogP) is 4.39. The van der Waals surface area contributed by atoms with Crippen LogP contribution in [0.4, 0.5) is 0 Å². The molecule has 0 bridgehead atoms. The average molecular weight is 553 g/mol. The molecule has 5 atom stereocenters. The maximum absolute atomic E-state index is 14.0. The minimum atomic E-state index is -1.23. The van der Waals surface area contributed by atoms with Crippen LogP contribution in [0.5, 0.6) is 0 Å². The zero-order valence-electron chi connectivity index (χ0n) is 22.4. The highest BCUT2D eigenvalue weighted by Crippen LogP contribution is 2.62. The number of Topliss-reactive ketones (excluding diaryl/α,β-unsaturated/α-hetero) is 2. The first-order chi connectivity index (χ1) is 18.5. The van der Waals surface area contributed by atoms with Crippen LogP contribution in [0.15, 0.2) is 63.8 Å². The molecule has 1 aromatic rings. The number of benzene rings is 1. The molecule has 0 amide bonds. The molecule has 1 N–H and O–H groups in total. The SMILES string of the molecule is COCC1OC(=O)/C(=C\SCc2ccccc2)C2=C(O)C(=O)C3=C(C(OC(C)=O)C[C@]4(C)C(=O)CCC34)[C@]21C. The summed E-state index contributed by atoms with van der Waals surface area (Å²) in [6.45, 7) is 4.87. The predicted molar refractivity (Wildman–Crippen MR) is 143 cm³/mol. The molecule has 1 aromatic carbocycles. The first-order valence-corrected chi connectivity index (χ1v) is 14.1. The van der Waals surface area contributed by atoms with Crippen LogP contribution in [0.2, 0.25) is 0 Å². The van der Waals surface area contributed by atoms with E-state index in [9.17, 15) is 24.3 Å². The molecule has 39 heavy (non-hydrogen) atoms. The van der Waals surface area contributed by atoms with Crippen LogP contribution in [-0.2, 0) is 39.1 Å². The smallest absolute Gasteiger partial charge is 0.339 e. The Labute approximate surface area is 231 Å². The van der Waals surface area contributed by atoms with Crippen LogP contribution in [0.3, 0.4) is 0 Å². The number of hydrogen-bond donors (Lipinski definition) is 1. The zero-order chi connectivity index (χ0) is 28.1. The first-order valence-electron chi connectivity index (χ1n) is 13.0. The molecule has 0 aromatic heterocycles. The number of methoxy groups -OCH3 is 1. The van der Waals surface area contributed by atoms with Crippen LogP contribution >= 0.6 is 11.8 Å². The van der Waals surface area contributed by atoms with Crippen LogP contribution in [0.1, 0.15) is 45.6 Å². The highest BCUT2D eigenvalue weighted by molar-refractivity contribution is 8.01. The van der Waals surface area contributed by atoms with Gasteiger partial charge in [0.05, 0.1) is 17.6 Å². The van der Waals surface area contributed by atoms with Gasteiger partial charge in [0.1, 0.15) is 18.0 Å². The second kappa shape index (κ2) is 10.1. The van der Waals surface area contributed by atoms with Crippen molar-refractivity contribution >= 4 is 35.3 Å². The Bertz CT molecular complexity index is 1340. The number of rotatable bonds is 6. The van der Waals surface area contributed by atoms with Gasteiger partial charge < -0.3 is 19.3 Å². The van der Waals surface area contributed by atoms with E-state index in [2.05, 4.69) is 0 Å². The lowest BCUT2D eigenvalue weighted by atomic mass is 9.53. The van der Waals surface area contributed by atoms with E-state index in [1.165, 1.54) is 25.8 Å². The minimum absolute atomic E-state index is 0.00447. The van der Waals surface area contributed by atoms with E-state index in [1.54, 1.807) is 19.3 Å². The number of fused-ring (bicyclic) bond motifs is 4. The van der Waals surface area contributed by atoms with Crippen molar-refractivity contribution in [3.05, 3.63) is 69.4 Å². The maximum Gasteiger partial charge on any atom is 0.339 e. The summed E-state index contributed by atoms with van der Waals surface area (Å²) in [5.74, 6) is -2.28. The molecule has 2 fully saturated rings. The number of carbonyl (C=O) groups excluding carboxylic acids is 4. The van der Waals surface area contributed by atoms with Gasteiger partial charge in [-0.3, -0.25) is 14.4 Å². The molecule has 206 valence electrons. The number of aliphatic hydroxyl groups excluding tert-OH is 1. The van der Waals surface area contributed by atoms with Gasteiger partial charge in [0.2, 0.25) is 5.78 Å². The molecule has 0 radical (unpaired) electrons. The highest BCUT2D eigenvalue weighted by atomic mass is 32.2. The molecule has 1 heterocycles. The summed E-state index contributed by atoms with van der Waals surface area (Å²) in [6, 6.07) is 9.69. The van der Waals surface area contributed by atoms with Crippen molar-refractivity contribution < 1.29 is 38.5 Å². The van der Waals surface area contributed by atoms with E-state index < -0.39 is 52.4 Å². The zero-order valence-corrected chi connectivity index (χ0v) is 23.3. The second-order valence-corrected chi connectivity index (χ2v) is 11.9. The van der Waals surface area contributed by atoms with Crippen molar-refractivity contribution in [1.82, 2.24) is 0 Å². The quantitative estimate of drug-likeness (QED) is 0.405. The largest absolute Gasteiger partial charge is 0.504 e. The third kappa shape index (κ3) is 4.26. The van der Waals surface area contributed by atoms with Crippen molar-refractivity contribution in [3.8, 4) is 0 Å². The number of carbonyl (C=O) groups is 4. The number of hydrogen-bond acceptors (Lipinski definition) is 9. The summed E-state index contributed by atoms with van der Waals surface area (Å²) in [7, 11) is 1.47. The Balaban J connectivity index is 1.68. The fourth-order valence-electron chi connectivity index (χ4n) is 6.87. The van der Waals surface area contributed by atoms with Gasteiger partial charge in [-0.25, -0.2) is 4.79 Å². The van der Waals surface area contributed by atoms with Crippen molar-refractivity contribution in [1.29, 1.82) is 0 Å². The molecule has 5 rings (SSSR count). The molecule has 9 heteroatoms. The van der Waals surface area contributed by atoms with E-state index in [4.69, 9.17) is 14.2 Å². The third-order valence-corrected chi connectivity index (χ3v) is 9.62. The molecule has 1 saturated heterocycles. The Kier molecular flexibility index (Phi) is 7.09. The minimum Gasteiger partial charge on any atom is -0.504 e. The number of cyclic esters (lactones) is 1. The number of ketones is 2. The Morgan fingerprint density at radius 3 is 2.59 bits per heavy atom. The number of esters is 2. The van der Waals surface area contributed by atoms with Crippen LogP contribution in [0, 0.1) is 16.7 Å². The molecule has 3 aliphatic carbocycles. The van der Waals surface area contributed by atoms with E-state index >= 15 is 0 Å². The van der Waals surface area contributed by atoms with Crippen LogP contribution < -0.4 is 0 Å². The topological polar surface area (TPSA) is 116 Å². The summed E-state index contributed by atoms with van der Waals surface area (Å²) in [5, 5.41) is 13.1. The van der Waals surface area contributed by atoms with Gasteiger partial charge in [0.25, 0.3) is 0 Å². The van der Waals surface area contributed by atoms with Crippen LogP contribution in [0.25, 0.3) is 0 Å². The Hall–Kier alpha value is -3.17. The lowest BCUT2D eigenvalue weighted by Gasteiger charge is -2.53. The average Bonchev–Trinajstić information content (AvgIpc) is 3.18. The number of thioether (sulfide) groups is 1. The van der Waals surface area contributed by atoms with E-state index in [0.717, 1.165) is 5.56 Å². The molecule has 8 nitrogen and oxygen atoms in total. The van der Waals surface area contributed by atoms with Crippen molar-refractivity contribution in [3.63, 3.8) is 0 Å². The van der Waals surface area contributed by atoms with E-state index in [0.29, 0.717) is 29.7 Å². The van der Waals surface area contributed by atoms with Gasteiger partial charge in [-0.2, -0.15) is 0 Å². The standard InChI is InChI=1S/C30H32O8S/c1-16(31)37-20-12-29(2)19(10-11-21(29)32)23-25(20)30(3)22(13-36-4)38-28(35)18(24(30)27(34)26(23)33)15-39-14-17-8-6-5-7-9-17/h5-9,15,19-20,22,34H,10-14H2,1-4H3/b18-15-/t19?,20?,22?,29-,30-/m0/s1. The van der Waals surface area contributed by atoms with Crippen molar-refractivity contribution in [2.75, 3.05) is 13.7 Å². The number of ether oxygens (including phenoxy) is 3. The summed E-state index contributed by atoms with van der Waals surface area (Å²) in [4.78, 5) is 52.6. The summed E-state index contributed by atoms with van der Waals surface area (Å²) in [6.07, 6.45) is -0.853. The molecule has 3 unspecified atom stereocenters. The molecule has 4 aliphatic rings. The molecular formula is C30H32O8S. The lowest BCUT2D eigenvalue weighted by Crippen LogP contribution is -2.56. The van der Waals surface area contributed by atoms with Crippen molar-refractivity contribution in [2.45, 2.75) is 58.0 Å². The number of allylic oxidation sites excluding steroid dienone is 1. The second-order valence-electron chi connectivity index (χ2n) is 11.0. The lowest BCUT2D eigenvalue weighted by molar-refractivity contribution is -0.160. The molecule has 1 aliphatic heterocycles. The fourth-order valence-corrected chi connectivity index (χ4v) is 7.72. The molecule has 1 saturated carbocycles. The molecular weight excluding hydrogens is 520 g/mol. The summed E-state index contributed by atoms with van der Waals surface area (Å²) < 4.78 is 17.1. The van der Waals surface area contributed by atoms with Gasteiger partial charge in [0, 0.05) is 55.1 Å². The first kappa shape index (κ1) is 27.4. The Morgan fingerprint density at radius 2 is 1.92 bits per heavy atom. The van der Waals surface area contributed by atoms with Gasteiger partial charge in [-0.15, -0.1) is 11.8 Å². The third-order valence-electron chi connectivity index (χ3n) is 8.71. The van der Waals surface area contributed by atoms with Gasteiger partial charge >= 0.3 is 11.9 Å². The summed E-state index contributed by atoms with van der Waals surface area (Å²) in [5.41, 5.74) is -0.0887. The van der Waals surface area contributed by atoms with E-state index in [1.807, 2.05) is 30.3 Å². The monoisotopic (exact) mass is 552 g/mol. The van der Waals surface area contributed by atoms with E-state index in [-0.39, 0.29) is 30.0 Å². The molecule has 0 spiro atoms.